The van der Waals surface area contributed by atoms with Crippen molar-refractivity contribution in [2.75, 3.05) is 33.1 Å². The van der Waals surface area contributed by atoms with E-state index in [2.05, 4.69) is 44.3 Å². The molecule has 0 bridgehead atoms. The lowest BCUT2D eigenvalue weighted by atomic mass is 10.0. The molecule has 2 aromatic carbocycles. The number of carbonyl (C=O) groups excluding carboxylic acids is 1. The highest BCUT2D eigenvalue weighted by Crippen LogP contribution is 2.36. The molecule has 2 aromatic rings. The molecule has 0 saturated heterocycles. The Morgan fingerprint density at radius 1 is 1.06 bits per heavy atom. The Morgan fingerprint density at radius 2 is 1.78 bits per heavy atom. The number of methoxy groups -OCH3 is 2. The molecule has 0 aliphatic heterocycles. The molecule has 0 aromatic heterocycles. The van der Waals surface area contributed by atoms with E-state index in [4.69, 9.17) is 14.2 Å². The maximum Gasteiger partial charge on any atom is 0.306 e. The molecule has 0 aliphatic rings. The van der Waals surface area contributed by atoms with E-state index in [1.807, 2.05) is 18.2 Å². The topological polar surface area (TPSA) is 56.8 Å². The van der Waals surface area contributed by atoms with Gasteiger partial charge in [-0.3, -0.25) is 4.79 Å². The number of hydrogen-bond acceptors (Lipinski definition) is 6. The van der Waals surface area contributed by atoms with Gasteiger partial charge in [-0.2, -0.15) is 0 Å². The van der Waals surface area contributed by atoms with Crippen LogP contribution in [0.2, 0.25) is 0 Å². The highest BCUT2D eigenvalue weighted by Gasteiger charge is 2.13. The van der Waals surface area contributed by atoms with Crippen LogP contribution >= 0.6 is 11.8 Å². The van der Waals surface area contributed by atoms with Crippen molar-refractivity contribution in [3.63, 3.8) is 0 Å². The smallest absolute Gasteiger partial charge is 0.306 e. The highest BCUT2D eigenvalue weighted by atomic mass is 32.2. The second kappa shape index (κ2) is 14.1. The first-order valence-electron chi connectivity index (χ1n) is 11.4. The summed E-state index contributed by atoms with van der Waals surface area (Å²) < 4.78 is 16.4. The molecule has 32 heavy (non-hydrogen) atoms. The van der Waals surface area contributed by atoms with Crippen LogP contribution in [0.3, 0.4) is 0 Å². The van der Waals surface area contributed by atoms with Crippen LogP contribution in [-0.4, -0.2) is 45.1 Å². The summed E-state index contributed by atoms with van der Waals surface area (Å²) in [6.45, 7) is 7.76. The number of thioether (sulfide) groups is 1. The Kier molecular flexibility index (Phi) is 11.5. The van der Waals surface area contributed by atoms with E-state index >= 15 is 0 Å². The van der Waals surface area contributed by atoms with E-state index in [1.54, 1.807) is 26.0 Å². The fraction of sp³-hybridized carbons (Fsp3) is 0.500. The van der Waals surface area contributed by atoms with Crippen LogP contribution in [0.5, 0.6) is 11.5 Å². The van der Waals surface area contributed by atoms with Gasteiger partial charge in [0.25, 0.3) is 0 Å². The summed E-state index contributed by atoms with van der Waals surface area (Å²) in [6, 6.07) is 12.5. The van der Waals surface area contributed by atoms with Gasteiger partial charge in [0.2, 0.25) is 0 Å². The standard InChI is InChI=1S/C26H37NO4S/c1-6-8-12-27-21(7-2)18-31-26(28)11-13-32-25-10-9-19(3)14-24(25)20-15-22(29-4)17-23(16-20)30-5/h9-10,14-17,21,27H,6-8,11-13,18H2,1-5H3. The number of nitrogens with one attached hydrogen (secondary N) is 1. The first-order valence-corrected chi connectivity index (χ1v) is 12.3. The maximum absolute atomic E-state index is 12.3. The van der Waals surface area contributed by atoms with Gasteiger partial charge >= 0.3 is 5.97 Å². The van der Waals surface area contributed by atoms with Gasteiger partial charge in [0, 0.05) is 22.8 Å². The van der Waals surface area contributed by atoms with Crippen molar-refractivity contribution in [2.24, 2.45) is 0 Å². The molecule has 1 N–H and O–H groups in total. The van der Waals surface area contributed by atoms with Gasteiger partial charge in [-0.15, -0.1) is 11.8 Å². The molecule has 5 nitrogen and oxygen atoms in total. The van der Waals surface area contributed by atoms with Crippen molar-refractivity contribution in [1.82, 2.24) is 5.32 Å². The summed E-state index contributed by atoms with van der Waals surface area (Å²) in [5.41, 5.74) is 3.30. The van der Waals surface area contributed by atoms with Crippen LogP contribution in [0.4, 0.5) is 0 Å². The third kappa shape index (κ3) is 8.40. The minimum absolute atomic E-state index is 0.148. The lowest BCUT2D eigenvalue weighted by molar-refractivity contribution is -0.143. The largest absolute Gasteiger partial charge is 0.497 e. The van der Waals surface area contributed by atoms with Crippen molar-refractivity contribution in [2.45, 2.75) is 57.4 Å². The molecule has 6 heteroatoms. The molecular formula is C26H37NO4S. The molecule has 0 amide bonds. The van der Waals surface area contributed by atoms with Crippen molar-refractivity contribution >= 4 is 17.7 Å². The second-order valence-corrected chi connectivity index (χ2v) is 8.93. The van der Waals surface area contributed by atoms with Crippen molar-refractivity contribution in [3.05, 3.63) is 42.0 Å². The van der Waals surface area contributed by atoms with Crippen molar-refractivity contribution in [1.29, 1.82) is 0 Å². The minimum atomic E-state index is -0.148. The Bertz CT molecular complexity index is 833. The quantitative estimate of drug-likeness (QED) is 0.216. The molecule has 0 radical (unpaired) electrons. The lowest BCUT2D eigenvalue weighted by Gasteiger charge is -2.17. The third-order valence-electron chi connectivity index (χ3n) is 5.26. The Labute approximate surface area is 197 Å². The van der Waals surface area contributed by atoms with Gasteiger partial charge in [-0.25, -0.2) is 0 Å². The molecule has 0 spiro atoms. The van der Waals surface area contributed by atoms with Crippen LogP contribution in [0.1, 0.15) is 45.1 Å². The van der Waals surface area contributed by atoms with Crippen LogP contribution in [-0.2, 0) is 9.53 Å². The number of esters is 1. The molecule has 2 rings (SSSR count). The molecular weight excluding hydrogens is 422 g/mol. The van der Waals surface area contributed by atoms with Crippen LogP contribution in [0.15, 0.2) is 41.3 Å². The van der Waals surface area contributed by atoms with Crippen molar-refractivity contribution in [3.8, 4) is 22.6 Å². The zero-order valence-electron chi connectivity index (χ0n) is 20.0. The molecule has 1 atom stereocenters. The zero-order valence-corrected chi connectivity index (χ0v) is 20.8. The van der Waals surface area contributed by atoms with Gasteiger partial charge in [0.15, 0.2) is 0 Å². The first kappa shape index (κ1) is 26.1. The monoisotopic (exact) mass is 459 g/mol. The summed E-state index contributed by atoms with van der Waals surface area (Å²) in [4.78, 5) is 13.4. The number of hydrogen-bond donors (Lipinski definition) is 1. The van der Waals surface area contributed by atoms with Crippen LogP contribution in [0, 0.1) is 6.92 Å². The Balaban J connectivity index is 1.97. The van der Waals surface area contributed by atoms with E-state index in [0.717, 1.165) is 53.3 Å². The Morgan fingerprint density at radius 3 is 2.41 bits per heavy atom. The van der Waals surface area contributed by atoms with Gasteiger partial charge < -0.3 is 19.5 Å². The molecule has 1 unspecified atom stereocenters. The number of ether oxygens (including phenoxy) is 3. The van der Waals surface area contributed by atoms with Crippen LogP contribution < -0.4 is 14.8 Å². The number of rotatable bonds is 14. The van der Waals surface area contributed by atoms with Gasteiger partial charge in [-0.1, -0.05) is 38.0 Å². The number of benzene rings is 2. The van der Waals surface area contributed by atoms with E-state index in [1.165, 1.54) is 5.56 Å². The van der Waals surface area contributed by atoms with Gasteiger partial charge in [-0.05, 0) is 55.6 Å². The molecule has 0 heterocycles. The maximum atomic E-state index is 12.3. The minimum Gasteiger partial charge on any atom is -0.497 e. The molecule has 0 fully saturated rings. The average molecular weight is 460 g/mol. The fourth-order valence-electron chi connectivity index (χ4n) is 3.27. The summed E-state index contributed by atoms with van der Waals surface area (Å²) >= 11 is 1.66. The fourth-order valence-corrected chi connectivity index (χ4v) is 4.26. The van der Waals surface area contributed by atoms with E-state index in [9.17, 15) is 4.79 Å². The van der Waals surface area contributed by atoms with Crippen LogP contribution in [0.25, 0.3) is 11.1 Å². The lowest BCUT2D eigenvalue weighted by Crippen LogP contribution is -2.34. The number of aryl methyl sites for hydroxylation is 1. The SMILES string of the molecule is CCCCNC(CC)COC(=O)CCSc1ccc(C)cc1-c1cc(OC)cc(OC)c1. The zero-order chi connectivity index (χ0) is 23.3. The summed E-state index contributed by atoms with van der Waals surface area (Å²) in [5.74, 6) is 2.01. The first-order chi connectivity index (χ1) is 15.5. The number of carbonyl (C=O) groups is 1. The number of unbranched alkanes of at least 4 members (excludes halogenated alkanes) is 1. The third-order valence-corrected chi connectivity index (χ3v) is 6.34. The van der Waals surface area contributed by atoms with Crippen molar-refractivity contribution < 1.29 is 19.0 Å². The van der Waals surface area contributed by atoms with E-state index in [0.29, 0.717) is 18.8 Å². The summed E-state index contributed by atoms with van der Waals surface area (Å²) in [7, 11) is 3.30. The van der Waals surface area contributed by atoms with Gasteiger partial charge in [0.05, 0.1) is 20.6 Å². The molecule has 0 aliphatic carbocycles. The second-order valence-electron chi connectivity index (χ2n) is 7.80. The predicted octanol–water partition coefficient (Wildman–Crippen LogP) is 5.87. The van der Waals surface area contributed by atoms with E-state index < -0.39 is 0 Å². The normalized spacial score (nSPS) is 11.8. The Hall–Kier alpha value is -2.18. The summed E-state index contributed by atoms with van der Waals surface area (Å²) in [5, 5.41) is 3.45. The van der Waals surface area contributed by atoms with Gasteiger partial charge in [0.1, 0.15) is 18.1 Å². The highest BCUT2D eigenvalue weighted by molar-refractivity contribution is 7.99. The average Bonchev–Trinajstić information content (AvgIpc) is 2.81. The predicted molar refractivity (Wildman–Crippen MR) is 133 cm³/mol. The molecule has 176 valence electrons. The summed E-state index contributed by atoms with van der Waals surface area (Å²) in [6.07, 6.45) is 3.62. The van der Waals surface area contributed by atoms with E-state index in [-0.39, 0.29) is 12.0 Å². The molecule has 0 saturated carbocycles.